The van der Waals surface area contributed by atoms with Crippen molar-refractivity contribution in [2.45, 2.75) is 25.5 Å². The van der Waals surface area contributed by atoms with Gasteiger partial charge in [0.1, 0.15) is 17.7 Å². The molecule has 11 heteroatoms. The van der Waals surface area contributed by atoms with Crippen molar-refractivity contribution in [3.05, 3.63) is 80.0 Å². The van der Waals surface area contributed by atoms with E-state index in [1.165, 1.54) is 29.2 Å². The molecule has 1 N–H and O–H groups in total. The van der Waals surface area contributed by atoms with Gasteiger partial charge >= 0.3 is 5.69 Å². The third-order valence-corrected chi connectivity index (χ3v) is 6.66. The highest BCUT2D eigenvalue weighted by Gasteiger charge is 2.32. The molecule has 36 heavy (non-hydrogen) atoms. The smallest absolute Gasteiger partial charge is 0.329 e. The molecule has 1 atom stereocenters. The molecule has 9 nitrogen and oxygen atoms in total. The first-order chi connectivity index (χ1) is 17.3. The Bertz CT molecular complexity index is 1450. The molecule has 3 heterocycles. The van der Waals surface area contributed by atoms with Gasteiger partial charge in [-0.1, -0.05) is 12.1 Å². The summed E-state index contributed by atoms with van der Waals surface area (Å²) < 4.78 is 35.5. The molecule has 1 unspecified atom stereocenters. The number of carbonyl (C=O) groups is 2. The van der Waals surface area contributed by atoms with E-state index in [1.807, 2.05) is 0 Å². The number of H-pyrrole nitrogens is 1. The minimum atomic E-state index is -0.837. The molecule has 0 radical (unpaired) electrons. The summed E-state index contributed by atoms with van der Waals surface area (Å²) in [5.41, 5.74) is -1.24. The molecule has 0 saturated carbocycles. The molecular weight excluding hydrogens is 474 g/mol. The van der Waals surface area contributed by atoms with Gasteiger partial charge in [-0.15, -0.1) is 0 Å². The fourth-order valence-corrected chi connectivity index (χ4v) is 4.75. The van der Waals surface area contributed by atoms with Crippen molar-refractivity contribution < 1.29 is 23.1 Å². The van der Waals surface area contributed by atoms with Crippen molar-refractivity contribution in [3.63, 3.8) is 0 Å². The second kappa shape index (κ2) is 9.65. The van der Waals surface area contributed by atoms with Gasteiger partial charge < -0.3 is 14.5 Å². The molecular formula is C25H24F2N4O5. The largest absolute Gasteiger partial charge is 0.368 e. The number of nitrogens with zero attached hydrogens (tertiary/aromatic N) is 3. The van der Waals surface area contributed by atoms with Crippen LogP contribution in [0.5, 0.6) is 0 Å². The van der Waals surface area contributed by atoms with E-state index in [2.05, 4.69) is 4.98 Å². The van der Waals surface area contributed by atoms with Crippen molar-refractivity contribution >= 4 is 22.7 Å². The van der Waals surface area contributed by atoms with Crippen LogP contribution in [0.15, 0.2) is 46.0 Å². The minimum absolute atomic E-state index is 0.0808. The molecule has 2 aliphatic rings. The lowest BCUT2D eigenvalue weighted by Gasteiger charge is -2.35. The molecule has 3 aromatic rings. The number of halogens is 2. The Labute approximate surface area is 203 Å². The van der Waals surface area contributed by atoms with Crippen LogP contribution in [0.25, 0.3) is 10.9 Å². The Hall–Kier alpha value is -3.86. The second-order valence-corrected chi connectivity index (χ2v) is 8.91. The van der Waals surface area contributed by atoms with E-state index in [0.717, 1.165) is 23.1 Å². The van der Waals surface area contributed by atoms with Crippen LogP contribution in [0.2, 0.25) is 0 Å². The molecule has 2 amide bonds. The number of fused-ring (bicyclic) bond motifs is 1. The number of rotatable bonds is 4. The highest BCUT2D eigenvalue weighted by molar-refractivity contribution is 5.95. The summed E-state index contributed by atoms with van der Waals surface area (Å²) in [6.07, 6.45) is 1.11. The Kier molecular flexibility index (Phi) is 6.40. The summed E-state index contributed by atoms with van der Waals surface area (Å²) in [5, 5.41) is -0.258. The molecule has 5 rings (SSSR count). The number of aromatic nitrogens is 2. The second-order valence-electron chi connectivity index (χ2n) is 8.91. The number of ether oxygens (including phenoxy) is 1. The average Bonchev–Trinajstić information content (AvgIpc) is 3.41. The number of hydrogen-bond acceptors (Lipinski definition) is 5. The van der Waals surface area contributed by atoms with E-state index >= 15 is 0 Å². The van der Waals surface area contributed by atoms with Gasteiger partial charge in [0.2, 0.25) is 0 Å². The highest BCUT2D eigenvalue weighted by atomic mass is 19.1. The lowest BCUT2D eigenvalue weighted by atomic mass is 10.1. The maximum Gasteiger partial charge on any atom is 0.329 e. The van der Waals surface area contributed by atoms with E-state index in [4.69, 9.17) is 4.74 Å². The van der Waals surface area contributed by atoms with Gasteiger partial charge in [-0.3, -0.25) is 23.9 Å². The zero-order valence-corrected chi connectivity index (χ0v) is 19.3. The summed E-state index contributed by atoms with van der Waals surface area (Å²) in [7, 11) is 0. The maximum atomic E-state index is 14.7. The number of hydrogen-bond donors (Lipinski definition) is 1. The Morgan fingerprint density at radius 2 is 1.75 bits per heavy atom. The third-order valence-electron chi connectivity index (χ3n) is 6.66. The van der Waals surface area contributed by atoms with Gasteiger partial charge in [-0.05, 0) is 42.7 Å². The Balaban J connectivity index is 1.35. The zero-order valence-electron chi connectivity index (χ0n) is 19.3. The van der Waals surface area contributed by atoms with Crippen LogP contribution in [0.3, 0.4) is 0 Å². The van der Waals surface area contributed by atoms with Crippen LogP contribution in [0.4, 0.5) is 8.78 Å². The van der Waals surface area contributed by atoms with Gasteiger partial charge in [0, 0.05) is 32.8 Å². The number of nitrogens with one attached hydrogen (secondary N) is 1. The predicted octanol–water partition coefficient (Wildman–Crippen LogP) is 1.48. The Morgan fingerprint density at radius 1 is 1.00 bits per heavy atom. The standard InChI is InChI=1S/C25H24F2N4O5/c26-17-7-6-15(14-31-19-4-1-3-18(27)21(19)22(32)28-25(31)35)13-16(17)23(33)29-8-10-30(11-9-29)24(34)20-5-2-12-36-20/h1,3-4,6-7,13,20H,2,5,8-12,14H2,(H,28,32,35). The molecule has 0 aliphatic carbocycles. The van der Waals surface area contributed by atoms with Crippen LogP contribution in [-0.4, -0.2) is 70.1 Å². The number of amides is 2. The summed E-state index contributed by atoms with van der Waals surface area (Å²) >= 11 is 0. The molecule has 2 aliphatic heterocycles. The van der Waals surface area contributed by atoms with E-state index in [1.54, 1.807) is 4.90 Å². The molecule has 1 aromatic heterocycles. The number of carbonyl (C=O) groups excluding carboxylic acids is 2. The van der Waals surface area contributed by atoms with Gasteiger partial charge in [0.05, 0.1) is 23.0 Å². The van der Waals surface area contributed by atoms with E-state index in [-0.39, 0.29) is 42.0 Å². The molecule has 2 fully saturated rings. The highest BCUT2D eigenvalue weighted by Crippen LogP contribution is 2.19. The van der Waals surface area contributed by atoms with E-state index < -0.39 is 34.9 Å². The first kappa shape index (κ1) is 23.9. The van der Waals surface area contributed by atoms with E-state index in [0.29, 0.717) is 31.7 Å². The predicted molar refractivity (Wildman–Crippen MR) is 126 cm³/mol. The Morgan fingerprint density at radius 3 is 2.47 bits per heavy atom. The van der Waals surface area contributed by atoms with Crippen molar-refractivity contribution in [2.24, 2.45) is 0 Å². The third kappa shape index (κ3) is 4.41. The normalized spacial score (nSPS) is 18.1. The number of piperazine rings is 1. The van der Waals surface area contributed by atoms with Crippen molar-refractivity contribution in [3.8, 4) is 0 Å². The zero-order chi connectivity index (χ0) is 25.4. The first-order valence-electron chi connectivity index (χ1n) is 11.7. The number of aromatic amines is 1. The quantitative estimate of drug-likeness (QED) is 0.587. The molecule has 188 valence electrons. The topological polar surface area (TPSA) is 105 Å². The SMILES string of the molecule is O=C(c1cc(Cn2c(=O)[nH]c(=O)c3c(F)cccc32)ccc1F)N1CCN(C(=O)C2CCCO2)CC1. The summed E-state index contributed by atoms with van der Waals surface area (Å²) in [6, 6.07) is 7.86. The summed E-state index contributed by atoms with van der Waals surface area (Å²) in [5.74, 6) is -2.09. The van der Waals surface area contributed by atoms with Crippen molar-refractivity contribution in [1.29, 1.82) is 0 Å². The molecule has 2 aromatic carbocycles. The van der Waals surface area contributed by atoms with Gasteiger partial charge in [-0.25, -0.2) is 13.6 Å². The van der Waals surface area contributed by atoms with Crippen molar-refractivity contribution in [1.82, 2.24) is 19.4 Å². The maximum absolute atomic E-state index is 14.7. The average molecular weight is 498 g/mol. The van der Waals surface area contributed by atoms with E-state index in [9.17, 15) is 28.0 Å². The fraction of sp³-hybridized carbons (Fsp3) is 0.360. The van der Waals surface area contributed by atoms with Crippen LogP contribution >= 0.6 is 0 Å². The van der Waals surface area contributed by atoms with Gasteiger partial charge in [0.25, 0.3) is 17.4 Å². The van der Waals surface area contributed by atoms with Crippen molar-refractivity contribution in [2.75, 3.05) is 32.8 Å². The fourth-order valence-electron chi connectivity index (χ4n) is 4.75. The van der Waals surface area contributed by atoms with Crippen LogP contribution < -0.4 is 11.2 Å². The van der Waals surface area contributed by atoms with Crippen LogP contribution in [0.1, 0.15) is 28.8 Å². The molecule has 0 bridgehead atoms. The first-order valence-corrected chi connectivity index (χ1v) is 11.7. The summed E-state index contributed by atoms with van der Waals surface area (Å²) in [4.78, 5) is 55.5. The van der Waals surface area contributed by atoms with Crippen LogP contribution in [0, 0.1) is 11.6 Å². The van der Waals surface area contributed by atoms with Crippen LogP contribution in [-0.2, 0) is 16.1 Å². The lowest BCUT2D eigenvalue weighted by molar-refractivity contribution is -0.142. The van der Waals surface area contributed by atoms with Gasteiger partial charge in [0.15, 0.2) is 0 Å². The summed E-state index contributed by atoms with van der Waals surface area (Å²) in [6.45, 7) is 1.63. The number of benzene rings is 2. The minimum Gasteiger partial charge on any atom is -0.368 e. The molecule has 0 spiro atoms. The molecule has 2 saturated heterocycles. The van der Waals surface area contributed by atoms with Gasteiger partial charge in [-0.2, -0.15) is 0 Å². The lowest BCUT2D eigenvalue weighted by Crippen LogP contribution is -2.52. The monoisotopic (exact) mass is 498 g/mol.